The van der Waals surface area contributed by atoms with Gasteiger partial charge >= 0.3 is 0 Å². The summed E-state index contributed by atoms with van der Waals surface area (Å²) >= 11 is 10.8. The van der Waals surface area contributed by atoms with Crippen molar-refractivity contribution in [2.24, 2.45) is 0 Å². The van der Waals surface area contributed by atoms with Gasteiger partial charge in [-0.2, -0.15) is 0 Å². The Labute approximate surface area is 133 Å². The molecule has 1 N–H and O–H groups in total. The van der Waals surface area contributed by atoms with Gasteiger partial charge in [-0.1, -0.05) is 11.6 Å². The summed E-state index contributed by atoms with van der Waals surface area (Å²) in [6.45, 7) is 0. The molecule has 2 aromatic rings. The van der Waals surface area contributed by atoms with Gasteiger partial charge in [0, 0.05) is 15.5 Å². The molecule has 0 bridgehead atoms. The van der Waals surface area contributed by atoms with Crippen molar-refractivity contribution in [3.63, 3.8) is 0 Å². The predicted octanol–water partition coefficient (Wildman–Crippen LogP) is 4.09. The van der Waals surface area contributed by atoms with E-state index in [2.05, 4.69) is 31.2 Å². The van der Waals surface area contributed by atoms with Crippen LogP contribution in [0.15, 0.2) is 16.7 Å². The van der Waals surface area contributed by atoms with Crippen LogP contribution in [-0.4, -0.2) is 15.9 Å². The van der Waals surface area contributed by atoms with Gasteiger partial charge in [0.15, 0.2) is 5.13 Å². The molecule has 0 aliphatic heterocycles. The number of aryl methyl sites for hydroxylation is 2. The van der Waals surface area contributed by atoms with E-state index in [0.717, 1.165) is 18.5 Å². The molecule has 0 spiro atoms. The van der Waals surface area contributed by atoms with Gasteiger partial charge in [0.1, 0.15) is 5.15 Å². The number of anilines is 1. The second-order valence-corrected chi connectivity index (χ2v) is 6.90. The zero-order chi connectivity index (χ0) is 14.1. The number of pyridine rings is 1. The molecular formula is C13H11BrClN3OS. The molecule has 7 heteroatoms. The van der Waals surface area contributed by atoms with Crippen LogP contribution in [-0.2, 0) is 12.8 Å². The molecule has 0 saturated carbocycles. The van der Waals surface area contributed by atoms with Crippen LogP contribution < -0.4 is 5.32 Å². The summed E-state index contributed by atoms with van der Waals surface area (Å²) < 4.78 is 0.713. The van der Waals surface area contributed by atoms with Crippen LogP contribution in [0.3, 0.4) is 0 Å². The van der Waals surface area contributed by atoms with Crippen molar-refractivity contribution < 1.29 is 4.79 Å². The summed E-state index contributed by atoms with van der Waals surface area (Å²) in [5.41, 5.74) is 1.46. The highest BCUT2D eigenvalue weighted by atomic mass is 79.9. The number of halogens is 2. The van der Waals surface area contributed by atoms with Gasteiger partial charge in [-0.05, 0) is 47.7 Å². The van der Waals surface area contributed by atoms with E-state index < -0.39 is 0 Å². The Kier molecular flexibility index (Phi) is 4.05. The van der Waals surface area contributed by atoms with E-state index in [-0.39, 0.29) is 11.1 Å². The minimum atomic E-state index is -0.283. The predicted molar refractivity (Wildman–Crippen MR) is 83.7 cm³/mol. The molecule has 4 nitrogen and oxygen atoms in total. The van der Waals surface area contributed by atoms with Gasteiger partial charge in [-0.15, -0.1) is 11.3 Å². The summed E-state index contributed by atoms with van der Waals surface area (Å²) in [5, 5.41) is 3.63. The van der Waals surface area contributed by atoms with Crippen molar-refractivity contribution in [2.75, 3.05) is 5.32 Å². The largest absolute Gasteiger partial charge is 0.298 e. The lowest BCUT2D eigenvalue weighted by Gasteiger charge is -2.06. The molecule has 1 aliphatic carbocycles. The van der Waals surface area contributed by atoms with E-state index in [9.17, 15) is 4.79 Å². The van der Waals surface area contributed by atoms with Gasteiger partial charge in [-0.25, -0.2) is 9.97 Å². The number of carbonyl (C=O) groups is 1. The van der Waals surface area contributed by atoms with Crippen molar-refractivity contribution in [3.05, 3.63) is 38.0 Å². The van der Waals surface area contributed by atoms with Crippen LogP contribution in [0.5, 0.6) is 0 Å². The van der Waals surface area contributed by atoms with E-state index in [1.54, 1.807) is 23.6 Å². The Morgan fingerprint density at radius 3 is 3.00 bits per heavy atom. The molecule has 3 rings (SSSR count). The summed E-state index contributed by atoms with van der Waals surface area (Å²) in [7, 11) is 0. The first-order valence-corrected chi connectivity index (χ1v) is 8.23. The second-order valence-electron chi connectivity index (χ2n) is 4.54. The Morgan fingerprint density at radius 1 is 1.40 bits per heavy atom. The molecule has 0 unspecified atom stereocenters. The highest BCUT2D eigenvalue weighted by Gasteiger charge is 2.18. The van der Waals surface area contributed by atoms with Crippen LogP contribution in [0.4, 0.5) is 5.13 Å². The summed E-state index contributed by atoms with van der Waals surface area (Å²) in [4.78, 5) is 21.9. The monoisotopic (exact) mass is 371 g/mol. The zero-order valence-corrected chi connectivity index (χ0v) is 13.6. The Bertz CT molecular complexity index is 650. The molecule has 2 aromatic heterocycles. The molecule has 1 aliphatic rings. The average molecular weight is 373 g/mol. The van der Waals surface area contributed by atoms with Gasteiger partial charge in [0.05, 0.1) is 11.3 Å². The number of nitrogens with one attached hydrogen (secondary N) is 1. The first-order chi connectivity index (χ1) is 9.63. The minimum Gasteiger partial charge on any atom is -0.298 e. The maximum absolute atomic E-state index is 12.2. The summed E-state index contributed by atoms with van der Waals surface area (Å²) in [6, 6.07) is 1.65. The lowest BCUT2D eigenvalue weighted by molar-refractivity contribution is 0.102. The fourth-order valence-electron chi connectivity index (χ4n) is 2.15. The smallest absolute Gasteiger partial charge is 0.260 e. The van der Waals surface area contributed by atoms with E-state index in [0.29, 0.717) is 15.2 Å². The van der Waals surface area contributed by atoms with Crippen LogP contribution in [0, 0.1) is 0 Å². The third-order valence-electron chi connectivity index (χ3n) is 3.12. The molecule has 0 radical (unpaired) electrons. The van der Waals surface area contributed by atoms with Crippen molar-refractivity contribution in [1.82, 2.24) is 9.97 Å². The number of hydrogen-bond acceptors (Lipinski definition) is 4. The zero-order valence-electron chi connectivity index (χ0n) is 10.4. The third kappa shape index (κ3) is 2.87. The SMILES string of the molecule is O=C(Nc1nc2c(s1)CCCC2)c1cc(Br)cnc1Cl. The highest BCUT2D eigenvalue weighted by Crippen LogP contribution is 2.30. The van der Waals surface area contributed by atoms with Crippen LogP contribution in [0.2, 0.25) is 5.15 Å². The highest BCUT2D eigenvalue weighted by molar-refractivity contribution is 9.10. The van der Waals surface area contributed by atoms with Gasteiger partial charge in [0.2, 0.25) is 0 Å². The van der Waals surface area contributed by atoms with Crippen molar-refractivity contribution >= 4 is 49.9 Å². The number of aromatic nitrogens is 2. The number of hydrogen-bond donors (Lipinski definition) is 1. The number of nitrogens with zero attached hydrogens (tertiary/aromatic N) is 2. The number of carbonyl (C=O) groups excluding carboxylic acids is 1. The minimum absolute atomic E-state index is 0.187. The number of fused-ring (bicyclic) bond motifs is 1. The normalized spacial score (nSPS) is 13.9. The molecule has 104 valence electrons. The maximum atomic E-state index is 12.2. The molecular weight excluding hydrogens is 362 g/mol. The molecule has 0 saturated heterocycles. The van der Waals surface area contributed by atoms with Crippen LogP contribution in [0.25, 0.3) is 0 Å². The average Bonchev–Trinajstić information content (AvgIpc) is 2.83. The first kappa shape index (κ1) is 14.0. The first-order valence-electron chi connectivity index (χ1n) is 6.24. The lowest BCUT2D eigenvalue weighted by Crippen LogP contribution is -2.13. The van der Waals surface area contributed by atoms with Crippen molar-refractivity contribution in [2.45, 2.75) is 25.7 Å². The fraction of sp³-hybridized carbons (Fsp3) is 0.308. The Hall–Kier alpha value is -0.980. The third-order valence-corrected chi connectivity index (χ3v) is 4.92. The summed E-state index contributed by atoms with van der Waals surface area (Å²) in [6.07, 6.45) is 5.99. The second kappa shape index (κ2) is 5.79. The maximum Gasteiger partial charge on any atom is 0.260 e. The molecule has 2 heterocycles. The van der Waals surface area contributed by atoms with Gasteiger partial charge < -0.3 is 0 Å². The number of rotatable bonds is 2. The van der Waals surface area contributed by atoms with E-state index in [1.807, 2.05) is 0 Å². The molecule has 0 fully saturated rings. The molecule has 0 atom stereocenters. The lowest BCUT2D eigenvalue weighted by atomic mass is 10.0. The molecule has 20 heavy (non-hydrogen) atoms. The van der Waals surface area contributed by atoms with E-state index >= 15 is 0 Å². The fourth-order valence-corrected chi connectivity index (χ4v) is 3.72. The standard InChI is InChI=1S/C13H11BrClN3OS/c14-7-5-8(11(15)16-6-7)12(19)18-13-17-9-3-1-2-4-10(9)20-13/h5-6H,1-4H2,(H,17,18,19). The van der Waals surface area contributed by atoms with E-state index in [1.165, 1.54) is 17.7 Å². The Balaban J connectivity index is 1.82. The van der Waals surface area contributed by atoms with Crippen molar-refractivity contribution in [1.29, 1.82) is 0 Å². The van der Waals surface area contributed by atoms with Gasteiger partial charge in [-0.3, -0.25) is 10.1 Å². The quantitative estimate of drug-likeness (QED) is 0.808. The summed E-state index contributed by atoms with van der Waals surface area (Å²) in [5.74, 6) is -0.283. The van der Waals surface area contributed by atoms with Crippen LogP contribution in [0.1, 0.15) is 33.8 Å². The van der Waals surface area contributed by atoms with Crippen molar-refractivity contribution in [3.8, 4) is 0 Å². The molecule has 0 aromatic carbocycles. The Morgan fingerprint density at radius 2 is 2.20 bits per heavy atom. The number of amides is 1. The number of thiazole rings is 1. The van der Waals surface area contributed by atoms with Crippen LogP contribution >= 0.6 is 38.9 Å². The van der Waals surface area contributed by atoms with E-state index in [4.69, 9.17) is 11.6 Å². The topological polar surface area (TPSA) is 54.9 Å². The van der Waals surface area contributed by atoms with Gasteiger partial charge in [0.25, 0.3) is 5.91 Å². The molecule has 1 amide bonds.